The van der Waals surface area contributed by atoms with E-state index >= 15 is 0 Å². The van der Waals surface area contributed by atoms with Gasteiger partial charge in [-0.1, -0.05) is 6.07 Å². The van der Waals surface area contributed by atoms with E-state index in [0.717, 1.165) is 0 Å². The van der Waals surface area contributed by atoms with Gasteiger partial charge in [0, 0.05) is 0 Å². The molecule has 0 amide bonds. The number of hydrogen-bond donors (Lipinski definition) is 1. The number of carboxylic acid groups (broad SMARTS) is 1. The molecule has 1 aromatic rings. The lowest BCUT2D eigenvalue weighted by Crippen LogP contribution is -2.07. The number of carboxylic acids is 1. The van der Waals surface area contributed by atoms with Crippen molar-refractivity contribution >= 4 is 21.9 Å². The van der Waals surface area contributed by atoms with E-state index in [1.54, 1.807) is 6.07 Å². The zero-order valence-corrected chi connectivity index (χ0v) is 8.51. The third-order valence-electron chi connectivity index (χ3n) is 1.81. The second-order valence-corrected chi connectivity index (χ2v) is 3.59. The molecule has 70 valence electrons. The molecule has 0 aliphatic heterocycles. The Kier molecular flexibility index (Phi) is 3.03. The fourth-order valence-corrected chi connectivity index (χ4v) is 1.17. The zero-order valence-electron chi connectivity index (χ0n) is 6.92. The molecule has 1 unspecified atom stereocenters. The first-order chi connectivity index (χ1) is 6.02. The molecule has 1 aromatic carbocycles. The van der Waals surface area contributed by atoms with Crippen LogP contribution in [0.5, 0.6) is 0 Å². The molecule has 0 fully saturated rings. The molecule has 1 rings (SSSR count). The summed E-state index contributed by atoms with van der Waals surface area (Å²) in [5.74, 6) is -2.07. The predicted octanol–water partition coefficient (Wildman–Crippen LogP) is 2.78. The van der Waals surface area contributed by atoms with Gasteiger partial charge < -0.3 is 5.11 Å². The van der Waals surface area contributed by atoms with Crippen molar-refractivity contribution in [3.8, 4) is 0 Å². The van der Waals surface area contributed by atoms with E-state index in [9.17, 15) is 9.18 Å². The molecule has 2 nitrogen and oxygen atoms in total. The van der Waals surface area contributed by atoms with E-state index in [0.29, 0.717) is 10.0 Å². The van der Waals surface area contributed by atoms with Gasteiger partial charge in [0.05, 0.1) is 10.4 Å². The number of benzene rings is 1. The summed E-state index contributed by atoms with van der Waals surface area (Å²) in [7, 11) is 0. The van der Waals surface area contributed by atoms with Crippen LogP contribution in [0, 0.1) is 5.82 Å². The molecule has 0 saturated carbocycles. The Morgan fingerprint density at radius 2 is 2.23 bits per heavy atom. The summed E-state index contributed by atoms with van der Waals surface area (Å²) in [5.41, 5.74) is 0.466. The average molecular weight is 247 g/mol. The van der Waals surface area contributed by atoms with Gasteiger partial charge in [-0.25, -0.2) is 4.39 Å². The predicted molar refractivity (Wildman–Crippen MR) is 50.2 cm³/mol. The van der Waals surface area contributed by atoms with Gasteiger partial charge in [-0.15, -0.1) is 0 Å². The number of hydrogen-bond acceptors (Lipinski definition) is 1. The summed E-state index contributed by atoms with van der Waals surface area (Å²) in [5, 5.41) is 8.66. The van der Waals surface area contributed by atoms with Crippen molar-refractivity contribution in [2.75, 3.05) is 0 Å². The fraction of sp³-hybridized carbons (Fsp3) is 0.222. The summed E-state index contributed by atoms with van der Waals surface area (Å²) in [6, 6.07) is 4.32. The normalized spacial score (nSPS) is 12.5. The quantitative estimate of drug-likeness (QED) is 0.872. The Morgan fingerprint density at radius 3 is 2.69 bits per heavy atom. The third-order valence-corrected chi connectivity index (χ3v) is 2.46. The highest BCUT2D eigenvalue weighted by Crippen LogP contribution is 2.21. The summed E-state index contributed by atoms with van der Waals surface area (Å²) < 4.78 is 13.3. The van der Waals surface area contributed by atoms with E-state index in [2.05, 4.69) is 15.9 Å². The second-order valence-electron chi connectivity index (χ2n) is 2.73. The highest BCUT2D eigenvalue weighted by atomic mass is 79.9. The standard InChI is InChI=1S/C9H8BrFO2/c1-5(9(12)13)6-2-3-7(10)8(11)4-6/h2-5H,1H3,(H,12,13). The lowest BCUT2D eigenvalue weighted by atomic mass is 10.0. The fourth-order valence-electron chi connectivity index (χ4n) is 0.924. The van der Waals surface area contributed by atoms with Crippen molar-refractivity contribution in [3.05, 3.63) is 34.1 Å². The van der Waals surface area contributed by atoms with Gasteiger partial charge in [0.15, 0.2) is 0 Å². The van der Waals surface area contributed by atoms with Gasteiger partial charge >= 0.3 is 5.97 Å². The minimum absolute atomic E-state index is 0.342. The van der Waals surface area contributed by atoms with Crippen LogP contribution in [-0.2, 0) is 4.79 Å². The maximum atomic E-state index is 13.0. The van der Waals surface area contributed by atoms with E-state index in [4.69, 9.17) is 5.11 Å². The Bertz CT molecular complexity index is 338. The molecule has 1 atom stereocenters. The summed E-state index contributed by atoms with van der Waals surface area (Å²) >= 11 is 2.99. The highest BCUT2D eigenvalue weighted by Gasteiger charge is 2.14. The van der Waals surface area contributed by atoms with Crippen LogP contribution < -0.4 is 0 Å². The summed E-state index contributed by atoms with van der Waals surface area (Å²) in [4.78, 5) is 10.6. The minimum atomic E-state index is -0.957. The molecule has 4 heteroatoms. The Morgan fingerprint density at radius 1 is 1.62 bits per heavy atom. The van der Waals surface area contributed by atoms with Crippen molar-refractivity contribution < 1.29 is 14.3 Å². The lowest BCUT2D eigenvalue weighted by molar-refractivity contribution is -0.138. The SMILES string of the molecule is CC(C(=O)O)c1ccc(Br)c(F)c1. The molecule has 0 aliphatic rings. The van der Waals surface area contributed by atoms with Crippen LogP contribution in [0.4, 0.5) is 4.39 Å². The van der Waals surface area contributed by atoms with Crippen LogP contribution in [0.2, 0.25) is 0 Å². The van der Waals surface area contributed by atoms with Crippen LogP contribution in [-0.4, -0.2) is 11.1 Å². The first-order valence-electron chi connectivity index (χ1n) is 3.70. The van der Waals surface area contributed by atoms with Gasteiger partial charge in [-0.3, -0.25) is 4.79 Å². The zero-order chi connectivity index (χ0) is 10.0. The first-order valence-corrected chi connectivity index (χ1v) is 4.49. The van der Waals surface area contributed by atoms with E-state index in [1.807, 2.05) is 0 Å². The van der Waals surface area contributed by atoms with Crippen LogP contribution in [0.1, 0.15) is 18.4 Å². The Labute approximate surface area is 83.5 Å². The summed E-state index contributed by atoms with van der Waals surface area (Å²) in [6.07, 6.45) is 0. The molecule has 1 N–H and O–H groups in total. The van der Waals surface area contributed by atoms with E-state index in [-0.39, 0.29) is 0 Å². The average Bonchev–Trinajstić information content (AvgIpc) is 2.08. The maximum absolute atomic E-state index is 13.0. The van der Waals surface area contributed by atoms with E-state index in [1.165, 1.54) is 19.1 Å². The monoisotopic (exact) mass is 246 g/mol. The van der Waals surface area contributed by atoms with E-state index < -0.39 is 17.7 Å². The van der Waals surface area contributed by atoms with Gasteiger partial charge in [-0.2, -0.15) is 0 Å². The second kappa shape index (κ2) is 3.87. The molecular formula is C9H8BrFO2. The van der Waals surface area contributed by atoms with Crippen LogP contribution >= 0.6 is 15.9 Å². The Hall–Kier alpha value is -0.900. The maximum Gasteiger partial charge on any atom is 0.310 e. The van der Waals surface area contributed by atoms with Crippen molar-refractivity contribution in [2.45, 2.75) is 12.8 Å². The topological polar surface area (TPSA) is 37.3 Å². The molecule has 0 aliphatic carbocycles. The number of carbonyl (C=O) groups is 1. The van der Waals surface area contributed by atoms with Gasteiger partial charge in [-0.05, 0) is 40.5 Å². The van der Waals surface area contributed by atoms with Crippen molar-refractivity contribution in [1.29, 1.82) is 0 Å². The molecule has 0 bridgehead atoms. The number of halogens is 2. The molecule has 0 radical (unpaired) electrons. The van der Waals surface area contributed by atoms with Crippen molar-refractivity contribution in [3.63, 3.8) is 0 Å². The van der Waals surface area contributed by atoms with Gasteiger partial charge in [0.2, 0.25) is 0 Å². The summed E-state index contributed by atoms with van der Waals surface area (Å²) in [6.45, 7) is 1.52. The smallest absolute Gasteiger partial charge is 0.310 e. The number of aliphatic carboxylic acids is 1. The lowest BCUT2D eigenvalue weighted by Gasteiger charge is -2.06. The molecule has 0 spiro atoms. The molecule has 0 heterocycles. The third kappa shape index (κ3) is 2.28. The molecular weight excluding hydrogens is 239 g/mol. The minimum Gasteiger partial charge on any atom is -0.481 e. The molecule has 13 heavy (non-hydrogen) atoms. The van der Waals surface area contributed by atoms with Crippen molar-refractivity contribution in [1.82, 2.24) is 0 Å². The molecule has 0 aromatic heterocycles. The Balaban J connectivity index is 3.03. The largest absolute Gasteiger partial charge is 0.481 e. The van der Waals surface area contributed by atoms with Crippen molar-refractivity contribution in [2.24, 2.45) is 0 Å². The molecule has 0 saturated heterocycles. The van der Waals surface area contributed by atoms with Crippen LogP contribution in [0.25, 0.3) is 0 Å². The van der Waals surface area contributed by atoms with Gasteiger partial charge in [0.1, 0.15) is 5.82 Å². The van der Waals surface area contributed by atoms with Crippen LogP contribution in [0.15, 0.2) is 22.7 Å². The van der Waals surface area contributed by atoms with Crippen LogP contribution in [0.3, 0.4) is 0 Å². The first kappa shape index (κ1) is 10.2. The number of rotatable bonds is 2. The van der Waals surface area contributed by atoms with Gasteiger partial charge in [0.25, 0.3) is 0 Å². The highest BCUT2D eigenvalue weighted by molar-refractivity contribution is 9.10.